The van der Waals surface area contributed by atoms with Gasteiger partial charge in [0.1, 0.15) is 18.2 Å². The van der Waals surface area contributed by atoms with Crippen molar-refractivity contribution in [2.75, 3.05) is 31.1 Å². The Hall–Kier alpha value is -4.01. The molecule has 1 fully saturated rings. The first-order valence-corrected chi connectivity index (χ1v) is 10.8. The van der Waals surface area contributed by atoms with Crippen LogP contribution in [0.4, 0.5) is 5.82 Å². The Kier molecular flexibility index (Phi) is 5.60. The average molecular weight is 444 g/mol. The number of benzene rings is 1. The molecule has 1 aliphatic heterocycles. The van der Waals surface area contributed by atoms with Gasteiger partial charge in [-0.3, -0.25) is 14.8 Å². The lowest BCUT2D eigenvalue weighted by molar-refractivity contribution is 0.0735. The molecule has 1 saturated heterocycles. The SMILES string of the molecule is Cc1cnc(C)c(N2CCN(C(=O)c3cc(COc4ccc5ncccc5c4)on3)CC2)n1. The highest BCUT2D eigenvalue weighted by Crippen LogP contribution is 2.21. The number of rotatable bonds is 5. The molecular weight excluding hydrogens is 420 g/mol. The molecule has 9 heteroatoms. The van der Waals surface area contributed by atoms with Crippen LogP contribution in [-0.4, -0.2) is 57.1 Å². The summed E-state index contributed by atoms with van der Waals surface area (Å²) in [4.78, 5) is 30.2. The number of fused-ring (bicyclic) bond motifs is 1. The van der Waals surface area contributed by atoms with Gasteiger partial charge >= 0.3 is 0 Å². The Bertz CT molecular complexity index is 1300. The van der Waals surface area contributed by atoms with E-state index in [1.54, 1.807) is 23.4 Å². The van der Waals surface area contributed by atoms with Gasteiger partial charge in [-0.15, -0.1) is 0 Å². The van der Waals surface area contributed by atoms with Gasteiger partial charge in [0.05, 0.1) is 16.9 Å². The van der Waals surface area contributed by atoms with Crippen LogP contribution in [0.3, 0.4) is 0 Å². The van der Waals surface area contributed by atoms with Gasteiger partial charge in [0.25, 0.3) is 5.91 Å². The topological polar surface area (TPSA) is 97.5 Å². The molecule has 0 spiro atoms. The molecule has 4 heterocycles. The van der Waals surface area contributed by atoms with E-state index in [4.69, 9.17) is 9.26 Å². The monoisotopic (exact) mass is 444 g/mol. The van der Waals surface area contributed by atoms with E-state index in [0.29, 0.717) is 37.7 Å². The molecule has 0 bridgehead atoms. The minimum absolute atomic E-state index is 0.145. The number of ether oxygens (including phenoxy) is 1. The van der Waals surface area contributed by atoms with Crippen molar-refractivity contribution in [1.82, 2.24) is 25.0 Å². The molecule has 168 valence electrons. The standard InChI is InChI=1S/C24H24N6O3/c1-16-14-26-17(2)23(27-16)29-8-10-30(11-9-29)24(31)22-13-20(33-28-22)15-32-19-5-6-21-18(12-19)4-3-7-25-21/h3-7,12-14H,8-11,15H2,1-2H3. The molecule has 0 saturated carbocycles. The van der Waals surface area contributed by atoms with Crippen LogP contribution in [0, 0.1) is 13.8 Å². The van der Waals surface area contributed by atoms with Gasteiger partial charge in [-0.1, -0.05) is 11.2 Å². The van der Waals surface area contributed by atoms with Gasteiger partial charge < -0.3 is 19.1 Å². The highest BCUT2D eigenvalue weighted by Gasteiger charge is 2.26. The van der Waals surface area contributed by atoms with Crippen molar-refractivity contribution in [3.8, 4) is 5.75 Å². The second-order valence-corrected chi connectivity index (χ2v) is 8.02. The molecule has 1 aliphatic rings. The number of anilines is 1. The van der Waals surface area contributed by atoms with E-state index in [-0.39, 0.29) is 18.2 Å². The fourth-order valence-electron chi connectivity index (χ4n) is 3.89. The predicted octanol–water partition coefficient (Wildman–Crippen LogP) is 3.17. The first kappa shape index (κ1) is 20.9. The largest absolute Gasteiger partial charge is 0.486 e. The van der Waals surface area contributed by atoms with Crippen molar-refractivity contribution in [3.63, 3.8) is 0 Å². The zero-order chi connectivity index (χ0) is 22.8. The molecule has 33 heavy (non-hydrogen) atoms. The number of pyridine rings is 1. The zero-order valence-electron chi connectivity index (χ0n) is 18.6. The minimum atomic E-state index is -0.145. The molecule has 1 aromatic carbocycles. The van der Waals surface area contributed by atoms with Gasteiger partial charge in [-0.25, -0.2) is 4.98 Å². The number of carbonyl (C=O) groups is 1. The normalized spacial score (nSPS) is 14.0. The van der Waals surface area contributed by atoms with Crippen molar-refractivity contribution in [2.45, 2.75) is 20.5 Å². The van der Waals surface area contributed by atoms with Crippen molar-refractivity contribution >= 4 is 22.6 Å². The van der Waals surface area contributed by atoms with Gasteiger partial charge in [0, 0.05) is 50.0 Å². The van der Waals surface area contributed by atoms with Crippen LogP contribution < -0.4 is 9.64 Å². The summed E-state index contributed by atoms with van der Waals surface area (Å²) < 4.78 is 11.2. The Morgan fingerprint density at radius 1 is 1.09 bits per heavy atom. The smallest absolute Gasteiger partial charge is 0.276 e. The molecule has 0 aliphatic carbocycles. The third-order valence-electron chi connectivity index (χ3n) is 5.65. The first-order valence-electron chi connectivity index (χ1n) is 10.8. The minimum Gasteiger partial charge on any atom is -0.486 e. The molecule has 0 atom stereocenters. The molecule has 9 nitrogen and oxygen atoms in total. The summed E-state index contributed by atoms with van der Waals surface area (Å²) >= 11 is 0. The van der Waals surface area contributed by atoms with Gasteiger partial charge in [0.15, 0.2) is 11.5 Å². The van der Waals surface area contributed by atoms with E-state index in [2.05, 4.69) is 25.0 Å². The maximum Gasteiger partial charge on any atom is 0.276 e. The summed E-state index contributed by atoms with van der Waals surface area (Å²) in [5, 5.41) is 4.96. The van der Waals surface area contributed by atoms with E-state index in [0.717, 1.165) is 28.1 Å². The van der Waals surface area contributed by atoms with Crippen LogP contribution in [0.5, 0.6) is 5.75 Å². The quantitative estimate of drug-likeness (QED) is 0.463. The molecule has 4 aromatic rings. The van der Waals surface area contributed by atoms with Crippen LogP contribution in [0.1, 0.15) is 27.6 Å². The van der Waals surface area contributed by atoms with Crippen molar-refractivity contribution < 1.29 is 14.1 Å². The lowest BCUT2D eigenvalue weighted by Gasteiger charge is -2.35. The van der Waals surface area contributed by atoms with Crippen molar-refractivity contribution in [2.24, 2.45) is 0 Å². The second kappa shape index (κ2) is 8.85. The average Bonchev–Trinajstić information content (AvgIpc) is 3.33. The number of amides is 1. The number of hydrogen-bond acceptors (Lipinski definition) is 8. The zero-order valence-corrected chi connectivity index (χ0v) is 18.6. The summed E-state index contributed by atoms with van der Waals surface area (Å²) in [6, 6.07) is 11.2. The number of carbonyl (C=O) groups excluding carboxylic acids is 1. The Labute approximate surface area is 191 Å². The number of hydrogen-bond donors (Lipinski definition) is 0. The maximum atomic E-state index is 12.9. The molecule has 0 unspecified atom stereocenters. The number of piperazine rings is 1. The van der Waals surface area contributed by atoms with Crippen LogP contribution in [0.25, 0.3) is 10.9 Å². The number of nitrogens with zero attached hydrogens (tertiary/aromatic N) is 6. The molecule has 0 radical (unpaired) electrons. The molecule has 3 aromatic heterocycles. The third-order valence-corrected chi connectivity index (χ3v) is 5.65. The second-order valence-electron chi connectivity index (χ2n) is 8.02. The predicted molar refractivity (Wildman–Crippen MR) is 122 cm³/mol. The summed E-state index contributed by atoms with van der Waals surface area (Å²) in [6.07, 6.45) is 3.52. The van der Waals surface area contributed by atoms with Crippen LogP contribution in [-0.2, 0) is 6.61 Å². The van der Waals surface area contributed by atoms with Gasteiger partial charge in [-0.05, 0) is 38.1 Å². The fraction of sp³-hybridized carbons (Fsp3) is 0.292. The van der Waals surface area contributed by atoms with E-state index < -0.39 is 0 Å². The van der Waals surface area contributed by atoms with E-state index >= 15 is 0 Å². The molecule has 5 rings (SSSR count). The van der Waals surface area contributed by atoms with Crippen molar-refractivity contribution in [1.29, 1.82) is 0 Å². The van der Waals surface area contributed by atoms with Crippen LogP contribution >= 0.6 is 0 Å². The summed E-state index contributed by atoms with van der Waals surface area (Å²) in [7, 11) is 0. The van der Waals surface area contributed by atoms with Gasteiger partial charge in [0.2, 0.25) is 0 Å². The van der Waals surface area contributed by atoms with Crippen LogP contribution in [0.15, 0.2) is 53.3 Å². The lowest BCUT2D eigenvalue weighted by Crippen LogP contribution is -2.49. The molecule has 1 amide bonds. The summed E-state index contributed by atoms with van der Waals surface area (Å²) in [6.45, 7) is 6.61. The maximum absolute atomic E-state index is 12.9. The number of aryl methyl sites for hydroxylation is 2. The third kappa shape index (κ3) is 4.48. The Balaban J connectivity index is 1.18. The lowest BCUT2D eigenvalue weighted by atomic mass is 10.2. The number of aromatic nitrogens is 4. The summed E-state index contributed by atoms with van der Waals surface area (Å²) in [5.74, 6) is 1.93. The Morgan fingerprint density at radius 3 is 2.79 bits per heavy atom. The first-order chi connectivity index (χ1) is 16.1. The van der Waals surface area contributed by atoms with E-state index in [9.17, 15) is 4.79 Å². The van der Waals surface area contributed by atoms with Crippen LogP contribution in [0.2, 0.25) is 0 Å². The highest BCUT2D eigenvalue weighted by atomic mass is 16.5. The van der Waals surface area contributed by atoms with E-state index in [1.165, 1.54) is 0 Å². The van der Waals surface area contributed by atoms with Crippen molar-refractivity contribution in [3.05, 3.63) is 71.6 Å². The molecule has 0 N–H and O–H groups in total. The fourth-order valence-corrected chi connectivity index (χ4v) is 3.89. The summed E-state index contributed by atoms with van der Waals surface area (Å²) in [5.41, 5.74) is 2.97. The van der Waals surface area contributed by atoms with Gasteiger partial charge in [-0.2, -0.15) is 0 Å². The molecular formula is C24H24N6O3. The Morgan fingerprint density at radius 2 is 1.94 bits per heavy atom. The highest BCUT2D eigenvalue weighted by molar-refractivity contribution is 5.92. The van der Waals surface area contributed by atoms with E-state index in [1.807, 2.05) is 44.2 Å².